The highest BCUT2D eigenvalue weighted by molar-refractivity contribution is 14.0. The van der Waals surface area contributed by atoms with Crippen LogP contribution in [0, 0.1) is 13.8 Å². The number of hydrogen-bond donors (Lipinski definition) is 2. The zero-order chi connectivity index (χ0) is 16.2. The molecule has 0 aromatic heterocycles. The van der Waals surface area contributed by atoms with Gasteiger partial charge >= 0.3 is 0 Å². The predicted molar refractivity (Wildman–Crippen MR) is 110 cm³/mol. The van der Waals surface area contributed by atoms with E-state index >= 15 is 0 Å². The number of aryl methyl sites for hydroxylation is 2. The Morgan fingerprint density at radius 3 is 2.61 bits per heavy atom. The molecule has 0 spiro atoms. The van der Waals surface area contributed by atoms with E-state index in [0.717, 1.165) is 51.6 Å². The van der Waals surface area contributed by atoms with Crippen LogP contribution >= 0.6 is 24.0 Å². The van der Waals surface area contributed by atoms with E-state index in [-0.39, 0.29) is 24.0 Å². The second kappa shape index (κ2) is 13.6. The quantitative estimate of drug-likeness (QED) is 0.272. The molecule has 23 heavy (non-hydrogen) atoms. The third kappa shape index (κ3) is 9.81. The number of nitrogens with zero attached hydrogens (tertiary/aromatic N) is 1. The number of aliphatic imine (C=N–C) groups is 1. The van der Waals surface area contributed by atoms with Crippen LogP contribution in [0.1, 0.15) is 37.0 Å². The Morgan fingerprint density at radius 2 is 1.96 bits per heavy atom. The molecule has 2 N–H and O–H groups in total. The van der Waals surface area contributed by atoms with Gasteiger partial charge in [-0.2, -0.15) is 0 Å². The van der Waals surface area contributed by atoms with Gasteiger partial charge in [-0.3, -0.25) is 4.99 Å². The maximum Gasteiger partial charge on any atom is 0.191 e. The lowest BCUT2D eigenvalue weighted by molar-refractivity contribution is 0.146. The average molecular weight is 433 g/mol. The first kappa shape index (κ1) is 22.2. The number of ether oxygens (including phenoxy) is 1. The molecule has 0 atom stereocenters. The Kier molecular flexibility index (Phi) is 13.1. The summed E-state index contributed by atoms with van der Waals surface area (Å²) in [6.07, 6.45) is 1.97. The van der Waals surface area contributed by atoms with Crippen LogP contribution in [0.25, 0.3) is 0 Å². The molecule has 0 aliphatic carbocycles. The SMILES string of the molecule is CCNC(=NCCCOCC)NCCc1ccc(C)cc1C.I. The smallest absolute Gasteiger partial charge is 0.191 e. The molecule has 5 heteroatoms. The zero-order valence-corrected chi connectivity index (χ0v) is 17.3. The van der Waals surface area contributed by atoms with Gasteiger partial charge in [0.25, 0.3) is 0 Å². The highest BCUT2D eigenvalue weighted by atomic mass is 127. The van der Waals surface area contributed by atoms with E-state index in [4.69, 9.17) is 4.74 Å². The first-order chi connectivity index (χ1) is 10.7. The summed E-state index contributed by atoms with van der Waals surface area (Å²) in [5.41, 5.74) is 4.07. The number of rotatable bonds is 9. The summed E-state index contributed by atoms with van der Waals surface area (Å²) in [6.45, 7) is 12.5. The maximum absolute atomic E-state index is 5.33. The highest BCUT2D eigenvalue weighted by Crippen LogP contribution is 2.10. The third-order valence-corrected chi connectivity index (χ3v) is 3.45. The standard InChI is InChI=1S/C18H31N3O.HI/c1-5-19-18(20-11-7-13-22-6-2)21-12-10-17-9-8-15(3)14-16(17)4;/h8-9,14H,5-7,10-13H2,1-4H3,(H2,19,20,21);1H. The summed E-state index contributed by atoms with van der Waals surface area (Å²) in [6, 6.07) is 6.64. The van der Waals surface area contributed by atoms with E-state index in [1.807, 2.05) is 6.92 Å². The Labute approximate surface area is 158 Å². The minimum Gasteiger partial charge on any atom is -0.382 e. The molecule has 0 heterocycles. The molecule has 0 radical (unpaired) electrons. The van der Waals surface area contributed by atoms with E-state index in [2.05, 4.69) is 54.6 Å². The lowest BCUT2D eigenvalue weighted by Gasteiger charge is -2.12. The van der Waals surface area contributed by atoms with Crippen molar-refractivity contribution in [2.45, 2.75) is 40.5 Å². The van der Waals surface area contributed by atoms with Crippen molar-refractivity contribution in [3.05, 3.63) is 34.9 Å². The zero-order valence-electron chi connectivity index (χ0n) is 14.9. The fraction of sp³-hybridized carbons (Fsp3) is 0.611. The van der Waals surface area contributed by atoms with Crippen LogP contribution in [0.15, 0.2) is 23.2 Å². The van der Waals surface area contributed by atoms with Crippen LogP contribution in [0.3, 0.4) is 0 Å². The molecule has 0 aliphatic heterocycles. The minimum atomic E-state index is 0. The topological polar surface area (TPSA) is 45.7 Å². The van der Waals surface area contributed by atoms with Gasteiger partial charge in [0.2, 0.25) is 0 Å². The Hall–Kier alpha value is -0.820. The summed E-state index contributed by atoms with van der Waals surface area (Å²) in [5.74, 6) is 0.892. The average Bonchev–Trinajstić information content (AvgIpc) is 2.49. The number of hydrogen-bond acceptors (Lipinski definition) is 2. The molecule has 4 nitrogen and oxygen atoms in total. The van der Waals surface area contributed by atoms with Crippen LogP contribution in [-0.4, -0.2) is 38.8 Å². The molecule has 132 valence electrons. The first-order valence-corrected chi connectivity index (χ1v) is 8.33. The maximum atomic E-state index is 5.33. The minimum absolute atomic E-state index is 0. The van der Waals surface area contributed by atoms with Gasteiger partial charge in [0.15, 0.2) is 5.96 Å². The molecule has 1 aromatic carbocycles. The second-order valence-corrected chi connectivity index (χ2v) is 5.42. The number of nitrogens with one attached hydrogen (secondary N) is 2. The van der Waals surface area contributed by atoms with Crippen molar-refractivity contribution in [3.63, 3.8) is 0 Å². The van der Waals surface area contributed by atoms with Crippen molar-refractivity contribution in [2.75, 3.05) is 32.8 Å². The van der Waals surface area contributed by atoms with E-state index in [0.29, 0.717) is 0 Å². The van der Waals surface area contributed by atoms with Crippen LogP contribution in [-0.2, 0) is 11.2 Å². The molecule has 1 rings (SSSR count). The number of guanidine groups is 1. The highest BCUT2D eigenvalue weighted by Gasteiger charge is 2.00. The van der Waals surface area contributed by atoms with Gasteiger partial charge in [-0.15, -0.1) is 24.0 Å². The summed E-state index contributed by atoms with van der Waals surface area (Å²) < 4.78 is 5.33. The molecule has 0 aliphatic rings. The summed E-state index contributed by atoms with van der Waals surface area (Å²) in [5, 5.41) is 6.68. The van der Waals surface area contributed by atoms with Crippen molar-refractivity contribution >= 4 is 29.9 Å². The second-order valence-electron chi connectivity index (χ2n) is 5.42. The van der Waals surface area contributed by atoms with Gasteiger partial charge in [-0.05, 0) is 51.7 Å². The third-order valence-electron chi connectivity index (χ3n) is 3.45. The molecule has 0 fully saturated rings. The Bertz CT molecular complexity index is 464. The summed E-state index contributed by atoms with van der Waals surface area (Å²) in [7, 11) is 0. The first-order valence-electron chi connectivity index (χ1n) is 8.33. The van der Waals surface area contributed by atoms with E-state index in [1.54, 1.807) is 0 Å². The molecule has 0 unspecified atom stereocenters. The van der Waals surface area contributed by atoms with Crippen LogP contribution < -0.4 is 10.6 Å². The van der Waals surface area contributed by atoms with Crippen molar-refractivity contribution in [1.29, 1.82) is 0 Å². The molecule has 0 saturated carbocycles. The lowest BCUT2D eigenvalue weighted by atomic mass is 10.0. The molecular formula is C18H32IN3O. The van der Waals surface area contributed by atoms with Gasteiger partial charge in [-0.25, -0.2) is 0 Å². The lowest BCUT2D eigenvalue weighted by Crippen LogP contribution is -2.38. The van der Waals surface area contributed by atoms with Gasteiger partial charge in [0.05, 0.1) is 0 Å². The van der Waals surface area contributed by atoms with E-state index in [9.17, 15) is 0 Å². The summed E-state index contributed by atoms with van der Waals surface area (Å²) >= 11 is 0. The molecule has 1 aromatic rings. The fourth-order valence-corrected chi connectivity index (χ4v) is 2.29. The number of halogens is 1. The van der Waals surface area contributed by atoms with E-state index in [1.165, 1.54) is 16.7 Å². The van der Waals surface area contributed by atoms with Gasteiger partial charge in [0, 0.05) is 32.8 Å². The monoisotopic (exact) mass is 433 g/mol. The van der Waals surface area contributed by atoms with Gasteiger partial charge in [-0.1, -0.05) is 23.8 Å². The van der Waals surface area contributed by atoms with Gasteiger partial charge < -0.3 is 15.4 Å². The fourth-order valence-electron chi connectivity index (χ4n) is 2.29. The van der Waals surface area contributed by atoms with Gasteiger partial charge in [0.1, 0.15) is 0 Å². The van der Waals surface area contributed by atoms with E-state index < -0.39 is 0 Å². The normalized spacial score (nSPS) is 11.0. The van der Waals surface area contributed by atoms with Crippen molar-refractivity contribution in [2.24, 2.45) is 4.99 Å². The predicted octanol–water partition coefficient (Wildman–Crippen LogP) is 3.45. The summed E-state index contributed by atoms with van der Waals surface area (Å²) in [4.78, 5) is 4.57. The van der Waals surface area contributed by atoms with Crippen LogP contribution in [0.2, 0.25) is 0 Å². The molecule has 0 amide bonds. The molecular weight excluding hydrogens is 401 g/mol. The molecule has 0 saturated heterocycles. The Balaban J connectivity index is 0.00000484. The van der Waals surface area contributed by atoms with Crippen molar-refractivity contribution in [1.82, 2.24) is 10.6 Å². The largest absolute Gasteiger partial charge is 0.382 e. The number of benzene rings is 1. The van der Waals surface area contributed by atoms with Crippen molar-refractivity contribution in [3.8, 4) is 0 Å². The van der Waals surface area contributed by atoms with Crippen molar-refractivity contribution < 1.29 is 4.74 Å². The van der Waals surface area contributed by atoms with Crippen LogP contribution in [0.4, 0.5) is 0 Å². The van der Waals surface area contributed by atoms with Crippen LogP contribution in [0.5, 0.6) is 0 Å². The molecule has 0 bridgehead atoms. The Morgan fingerprint density at radius 1 is 1.17 bits per heavy atom.